The van der Waals surface area contributed by atoms with Crippen LogP contribution in [0.4, 0.5) is 4.79 Å². The molecule has 0 bridgehead atoms. The molecule has 1 aliphatic rings. The molecule has 0 aliphatic heterocycles. The standard InChI is InChI=1S/C16H20N4O2/c1-11(15(21)18-9-5-8-17)19-16(22)20-14-10-13(14)12-6-3-2-4-7-12/h2-4,6-7,11,13-14H,5,9-10H2,1H3,(H,18,21)(H2,19,20,22). The molecule has 6 heteroatoms. The molecule has 0 spiro atoms. The quantitative estimate of drug-likeness (QED) is 0.690. The molecule has 0 heterocycles. The third-order valence-corrected chi connectivity index (χ3v) is 3.61. The first-order valence-corrected chi connectivity index (χ1v) is 7.38. The zero-order valence-corrected chi connectivity index (χ0v) is 12.5. The van der Waals surface area contributed by atoms with Crippen molar-refractivity contribution in [3.8, 4) is 6.07 Å². The average Bonchev–Trinajstić information content (AvgIpc) is 3.27. The fourth-order valence-corrected chi connectivity index (χ4v) is 2.29. The molecule has 1 fully saturated rings. The molecule has 3 N–H and O–H groups in total. The minimum absolute atomic E-state index is 0.122. The van der Waals surface area contributed by atoms with E-state index in [1.54, 1.807) is 6.92 Å². The van der Waals surface area contributed by atoms with Gasteiger partial charge in [-0.3, -0.25) is 4.79 Å². The van der Waals surface area contributed by atoms with Gasteiger partial charge in [-0.2, -0.15) is 5.26 Å². The van der Waals surface area contributed by atoms with Crippen LogP contribution in [-0.2, 0) is 4.79 Å². The highest BCUT2D eigenvalue weighted by molar-refractivity contribution is 5.86. The van der Waals surface area contributed by atoms with Crippen LogP contribution in [0.3, 0.4) is 0 Å². The third-order valence-electron chi connectivity index (χ3n) is 3.61. The second-order valence-corrected chi connectivity index (χ2v) is 5.40. The van der Waals surface area contributed by atoms with Crippen LogP contribution in [0.5, 0.6) is 0 Å². The van der Waals surface area contributed by atoms with Crippen molar-refractivity contribution < 1.29 is 9.59 Å². The molecule has 0 aromatic heterocycles. The Labute approximate surface area is 129 Å². The van der Waals surface area contributed by atoms with Crippen molar-refractivity contribution in [2.24, 2.45) is 0 Å². The van der Waals surface area contributed by atoms with Gasteiger partial charge >= 0.3 is 6.03 Å². The minimum Gasteiger partial charge on any atom is -0.353 e. The predicted molar refractivity (Wildman–Crippen MR) is 82.0 cm³/mol. The topological polar surface area (TPSA) is 94.0 Å². The number of rotatable bonds is 6. The second-order valence-electron chi connectivity index (χ2n) is 5.40. The van der Waals surface area contributed by atoms with Crippen molar-refractivity contribution in [1.82, 2.24) is 16.0 Å². The SMILES string of the molecule is CC(NC(=O)NC1CC1c1ccccc1)C(=O)NCCC#N. The van der Waals surface area contributed by atoms with Crippen molar-refractivity contribution in [2.45, 2.75) is 37.8 Å². The van der Waals surface area contributed by atoms with Gasteiger partial charge in [-0.1, -0.05) is 30.3 Å². The lowest BCUT2D eigenvalue weighted by Crippen LogP contribution is -2.49. The lowest BCUT2D eigenvalue weighted by molar-refractivity contribution is -0.122. The summed E-state index contributed by atoms with van der Waals surface area (Å²) in [6.07, 6.45) is 1.17. The largest absolute Gasteiger partial charge is 0.353 e. The Balaban J connectivity index is 1.70. The molecular formula is C16H20N4O2. The van der Waals surface area contributed by atoms with Gasteiger partial charge in [0.25, 0.3) is 0 Å². The van der Waals surface area contributed by atoms with Gasteiger partial charge < -0.3 is 16.0 Å². The zero-order valence-electron chi connectivity index (χ0n) is 12.5. The summed E-state index contributed by atoms with van der Waals surface area (Å²) >= 11 is 0. The van der Waals surface area contributed by atoms with Gasteiger partial charge in [-0.15, -0.1) is 0 Å². The number of amides is 3. The minimum atomic E-state index is -0.632. The van der Waals surface area contributed by atoms with Crippen LogP contribution in [0.15, 0.2) is 30.3 Å². The Morgan fingerprint density at radius 1 is 1.36 bits per heavy atom. The summed E-state index contributed by atoms with van der Waals surface area (Å²) in [5, 5.41) is 16.5. The second kappa shape index (κ2) is 7.46. The van der Waals surface area contributed by atoms with E-state index in [0.29, 0.717) is 12.5 Å². The Morgan fingerprint density at radius 3 is 2.77 bits per heavy atom. The Kier molecular flexibility index (Phi) is 5.37. The van der Waals surface area contributed by atoms with E-state index in [0.717, 1.165) is 6.42 Å². The molecule has 0 saturated heterocycles. The molecule has 3 atom stereocenters. The summed E-state index contributed by atoms with van der Waals surface area (Å²) in [7, 11) is 0. The van der Waals surface area contributed by atoms with E-state index >= 15 is 0 Å². The lowest BCUT2D eigenvalue weighted by atomic mass is 10.1. The van der Waals surface area contributed by atoms with Gasteiger partial charge in [0, 0.05) is 18.5 Å². The zero-order chi connectivity index (χ0) is 15.9. The summed E-state index contributed by atoms with van der Waals surface area (Å²) in [5.74, 6) is 0.0625. The number of nitriles is 1. The maximum Gasteiger partial charge on any atom is 0.315 e. The molecule has 3 amide bonds. The highest BCUT2D eigenvalue weighted by atomic mass is 16.2. The molecular weight excluding hydrogens is 280 g/mol. The van der Waals surface area contributed by atoms with Crippen LogP contribution in [0, 0.1) is 11.3 Å². The van der Waals surface area contributed by atoms with Gasteiger partial charge in [0.15, 0.2) is 0 Å². The Morgan fingerprint density at radius 2 is 2.09 bits per heavy atom. The molecule has 2 rings (SSSR count). The highest BCUT2D eigenvalue weighted by Gasteiger charge is 2.39. The monoisotopic (exact) mass is 300 g/mol. The summed E-state index contributed by atoms with van der Waals surface area (Å²) in [6.45, 7) is 1.91. The molecule has 6 nitrogen and oxygen atoms in total. The Bertz CT molecular complexity index is 567. The van der Waals surface area contributed by atoms with Crippen molar-refractivity contribution in [3.05, 3.63) is 35.9 Å². The van der Waals surface area contributed by atoms with Crippen LogP contribution in [-0.4, -0.2) is 30.6 Å². The van der Waals surface area contributed by atoms with E-state index in [-0.39, 0.29) is 24.4 Å². The first-order chi connectivity index (χ1) is 10.6. The van der Waals surface area contributed by atoms with Gasteiger partial charge in [0.2, 0.25) is 5.91 Å². The number of benzene rings is 1. The van der Waals surface area contributed by atoms with Crippen molar-refractivity contribution in [3.63, 3.8) is 0 Å². The van der Waals surface area contributed by atoms with E-state index in [1.807, 2.05) is 24.3 Å². The van der Waals surface area contributed by atoms with Crippen LogP contribution in [0.1, 0.15) is 31.2 Å². The number of urea groups is 1. The van der Waals surface area contributed by atoms with E-state index in [9.17, 15) is 9.59 Å². The van der Waals surface area contributed by atoms with Crippen molar-refractivity contribution in [1.29, 1.82) is 5.26 Å². The van der Waals surface area contributed by atoms with Crippen LogP contribution in [0.25, 0.3) is 0 Å². The van der Waals surface area contributed by atoms with Crippen molar-refractivity contribution >= 4 is 11.9 Å². The fraction of sp³-hybridized carbons (Fsp3) is 0.438. The molecule has 116 valence electrons. The molecule has 0 radical (unpaired) electrons. The van der Waals surface area contributed by atoms with Crippen molar-refractivity contribution in [2.75, 3.05) is 6.54 Å². The summed E-state index contributed by atoms with van der Waals surface area (Å²) < 4.78 is 0. The fourth-order valence-electron chi connectivity index (χ4n) is 2.29. The number of hydrogen-bond acceptors (Lipinski definition) is 3. The number of nitrogens with one attached hydrogen (secondary N) is 3. The summed E-state index contributed by atoms with van der Waals surface area (Å²) in [4.78, 5) is 23.5. The first-order valence-electron chi connectivity index (χ1n) is 7.38. The summed E-state index contributed by atoms with van der Waals surface area (Å²) in [5.41, 5.74) is 1.22. The van der Waals surface area contributed by atoms with E-state index in [4.69, 9.17) is 5.26 Å². The van der Waals surface area contributed by atoms with Gasteiger partial charge in [0.1, 0.15) is 6.04 Å². The van der Waals surface area contributed by atoms with E-state index in [1.165, 1.54) is 5.56 Å². The molecule has 22 heavy (non-hydrogen) atoms. The van der Waals surface area contributed by atoms with Crippen LogP contribution >= 0.6 is 0 Å². The number of carbonyl (C=O) groups is 2. The molecule has 3 unspecified atom stereocenters. The average molecular weight is 300 g/mol. The van der Waals surface area contributed by atoms with Crippen LogP contribution in [0.2, 0.25) is 0 Å². The number of nitrogens with zero attached hydrogens (tertiary/aromatic N) is 1. The Hall–Kier alpha value is -2.55. The van der Waals surface area contributed by atoms with E-state index < -0.39 is 6.04 Å². The highest BCUT2D eigenvalue weighted by Crippen LogP contribution is 2.40. The molecule has 1 saturated carbocycles. The molecule has 1 aromatic rings. The lowest BCUT2D eigenvalue weighted by Gasteiger charge is -2.14. The number of carbonyl (C=O) groups excluding carboxylic acids is 2. The smallest absolute Gasteiger partial charge is 0.315 e. The molecule has 1 aliphatic carbocycles. The van der Waals surface area contributed by atoms with Crippen LogP contribution < -0.4 is 16.0 Å². The molecule has 1 aromatic carbocycles. The van der Waals surface area contributed by atoms with Gasteiger partial charge in [0.05, 0.1) is 12.5 Å². The normalized spacial score (nSPS) is 20.4. The van der Waals surface area contributed by atoms with Gasteiger partial charge in [-0.25, -0.2) is 4.79 Å². The number of hydrogen-bond donors (Lipinski definition) is 3. The summed E-state index contributed by atoms with van der Waals surface area (Å²) in [6, 6.07) is 11.1. The predicted octanol–water partition coefficient (Wildman–Crippen LogP) is 1.26. The maximum atomic E-state index is 11.9. The van der Waals surface area contributed by atoms with E-state index in [2.05, 4.69) is 28.1 Å². The van der Waals surface area contributed by atoms with Gasteiger partial charge in [-0.05, 0) is 18.9 Å². The first kappa shape index (κ1) is 15.8. The third kappa shape index (κ3) is 4.48. The maximum absolute atomic E-state index is 11.9.